The van der Waals surface area contributed by atoms with Gasteiger partial charge < -0.3 is 9.84 Å². The molecule has 0 saturated carbocycles. The van der Waals surface area contributed by atoms with Gasteiger partial charge in [-0.3, -0.25) is 9.78 Å². The van der Waals surface area contributed by atoms with Crippen molar-refractivity contribution in [3.8, 4) is 22.1 Å². The zero-order valence-corrected chi connectivity index (χ0v) is 12.6. The second-order valence-electron chi connectivity index (χ2n) is 4.80. The highest BCUT2D eigenvalue weighted by Crippen LogP contribution is 2.30. The van der Waals surface area contributed by atoms with E-state index in [-0.39, 0.29) is 10.8 Å². The Hall–Kier alpha value is -2.53. The molecule has 0 amide bonds. The second-order valence-corrected chi connectivity index (χ2v) is 5.78. The van der Waals surface area contributed by atoms with Crippen LogP contribution in [0.1, 0.15) is 5.56 Å². The summed E-state index contributed by atoms with van der Waals surface area (Å²) in [6, 6.07) is 17.5. The molecule has 0 aliphatic heterocycles. The van der Waals surface area contributed by atoms with Crippen LogP contribution in [-0.2, 0) is 6.42 Å². The molecule has 4 nitrogen and oxygen atoms in total. The Bertz CT molecular complexity index is 791. The molecule has 0 aliphatic carbocycles. The molecule has 0 unspecified atom stereocenters. The van der Waals surface area contributed by atoms with E-state index in [0.29, 0.717) is 11.5 Å². The largest absolute Gasteiger partial charge is 0.493 e. The maximum Gasteiger partial charge on any atom is 0.307 e. The molecular formula is C17H15NO3S. The van der Waals surface area contributed by atoms with E-state index < -0.39 is 0 Å². The summed E-state index contributed by atoms with van der Waals surface area (Å²) in [5.74, 6) is 0.676. The first-order valence-electron chi connectivity index (χ1n) is 6.91. The van der Waals surface area contributed by atoms with Gasteiger partial charge in [0, 0.05) is 6.42 Å². The first-order chi connectivity index (χ1) is 10.7. The summed E-state index contributed by atoms with van der Waals surface area (Å²) in [7, 11) is 0. The van der Waals surface area contributed by atoms with Crippen LogP contribution in [0.4, 0.5) is 0 Å². The van der Waals surface area contributed by atoms with Gasteiger partial charge in [0.05, 0.1) is 11.5 Å². The third kappa shape index (κ3) is 3.38. The van der Waals surface area contributed by atoms with Crippen LogP contribution in [0.3, 0.4) is 0 Å². The molecule has 0 atom stereocenters. The van der Waals surface area contributed by atoms with Crippen LogP contribution in [-0.4, -0.2) is 16.7 Å². The number of rotatable bonds is 5. The van der Waals surface area contributed by atoms with Gasteiger partial charge in [-0.15, -0.1) is 0 Å². The lowest BCUT2D eigenvalue weighted by Crippen LogP contribution is -2.00. The zero-order valence-electron chi connectivity index (χ0n) is 11.8. The number of thiazole rings is 1. The Labute approximate surface area is 131 Å². The molecule has 0 bridgehead atoms. The molecule has 1 heterocycles. The number of benzene rings is 2. The van der Waals surface area contributed by atoms with Crippen LogP contribution in [0, 0.1) is 0 Å². The molecular weight excluding hydrogens is 298 g/mol. The predicted octanol–water partition coefficient (Wildman–Crippen LogP) is 3.43. The van der Waals surface area contributed by atoms with Crippen molar-refractivity contribution in [2.24, 2.45) is 0 Å². The van der Waals surface area contributed by atoms with E-state index in [4.69, 9.17) is 4.74 Å². The molecule has 0 radical (unpaired) electrons. The summed E-state index contributed by atoms with van der Waals surface area (Å²) in [5.41, 5.74) is 2.03. The van der Waals surface area contributed by atoms with Gasteiger partial charge in [-0.2, -0.15) is 0 Å². The van der Waals surface area contributed by atoms with Gasteiger partial charge in [0.25, 0.3) is 0 Å². The van der Waals surface area contributed by atoms with Crippen molar-refractivity contribution in [2.75, 3.05) is 6.61 Å². The SMILES string of the molecule is O=c1[nH]c(O)c(-c2ccc(OCCc3ccccc3)cc2)s1. The standard InChI is InChI=1S/C17H15NO3S/c19-16-15(22-17(20)18-16)13-6-8-14(9-7-13)21-11-10-12-4-2-1-3-5-12/h1-9,19H,10-11H2,(H,18,20). The van der Waals surface area contributed by atoms with Crippen LogP contribution in [0.2, 0.25) is 0 Å². The Morgan fingerprint density at radius 1 is 1.05 bits per heavy atom. The van der Waals surface area contributed by atoms with Crippen molar-refractivity contribution in [1.29, 1.82) is 0 Å². The van der Waals surface area contributed by atoms with E-state index in [1.54, 1.807) is 0 Å². The second kappa shape index (κ2) is 6.49. The molecule has 0 spiro atoms. The fourth-order valence-corrected chi connectivity index (χ4v) is 2.88. The first kappa shape index (κ1) is 14.4. The number of hydrogen-bond donors (Lipinski definition) is 2. The minimum atomic E-state index is -0.268. The van der Waals surface area contributed by atoms with Crippen LogP contribution in [0.25, 0.3) is 10.4 Å². The molecule has 0 fully saturated rings. The minimum Gasteiger partial charge on any atom is -0.493 e. The lowest BCUT2D eigenvalue weighted by molar-refractivity contribution is 0.322. The predicted molar refractivity (Wildman–Crippen MR) is 87.7 cm³/mol. The number of ether oxygens (including phenoxy) is 1. The number of aromatic amines is 1. The molecule has 3 rings (SSSR count). The van der Waals surface area contributed by atoms with Crippen LogP contribution in [0.5, 0.6) is 11.6 Å². The van der Waals surface area contributed by atoms with Crippen molar-refractivity contribution in [2.45, 2.75) is 6.42 Å². The first-order valence-corrected chi connectivity index (χ1v) is 7.73. The molecule has 112 valence electrons. The highest BCUT2D eigenvalue weighted by Gasteiger charge is 2.09. The van der Waals surface area contributed by atoms with E-state index >= 15 is 0 Å². The summed E-state index contributed by atoms with van der Waals surface area (Å²) in [6.07, 6.45) is 0.850. The van der Waals surface area contributed by atoms with E-state index in [1.165, 1.54) is 5.56 Å². The minimum absolute atomic E-state index is 0.0901. The van der Waals surface area contributed by atoms with Crippen molar-refractivity contribution < 1.29 is 9.84 Å². The zero-order chi connectivity index (χ0) is 15.4. The Morgan fingerprint density at radius 3 is 2.41 bits per heavy atom. The van der Waals surface area contributed by atoms with Crippen molar-refractivity contribution >= 4 is 11.3 Å². The summed E-state index contributed by atoms with van der Waals surface area (Å²) < 4.78 is 5.71. The Kier molecular flexibility index (Phi) is 4.25. The smallest absolute Gasteiger partial charge is 0.307 e. The van der Waals surface area contributed by atoms with Gasteiger partial charge in [0.1, 0.15) is 5.75 Å². The van der Waals surface area contributed by atoms with Gasteiger partial charge in [0.15, 0.2) is 0 Å². The molecule has 3 aromatic rings. The molecule has 1 aromatic heterocycles. The van der Waals surface area contributed by atoms with E-state index in [1.807, 2.05) is 42.5 Å². The molecule has 5 heteroatoms. The highest BCUT2D eigenvalue weighted by molar-refractivity contribution is 7.13. The van der Waals surface area contributed by atoms with Crippen molar-refractivity contribution in [3.05, 3.63) is 69.8 Å². The lowest BCUT2D eigenvalue weighted by Gasteiger charge is -2.07. The average molecular weight is 313 g/mol. The average Bonchev–Trinajstić information content (AvgIpc) is 2.88. The third-order valence-corrected chi connectivity index (χ3v) is 4.17. The number of hydrogen-bond acceptors (Lipinski definition) is 4. The summed E-state index contributed by atoms with van der Waals surface area (Å²) in [6.45, 7) is 0.603. The van der Waals surface area contributed by atoms with E-state index in [2.05, 4.69) is 17.1 Å². The number of nitrogens with one attached hydrogen (secondary N) is 1. The molecule has 0 saturated heterocycles. The van der Waals surface area contributed by atoms with Gasteiger partial charge in [0.2, 0.25) is 5.88 Å². The van der Waals surface area contributed by atoms with E-state index in [9.17, 15) is 9.90 Å². The highest BCUT2D eigenvalue weighted by atomic mass is 32.1. The fraction of sp³-hybridized carbons (Fsp3) is 0.118. The normalized spacial score (nSPS) is 10.5. The van der Waals surface area contributed by atoms with Crippen molar-refractivity contribution in [3.63, 3.8) is 0 Å². The number of H-pyrrole nitrogens is 1. The quantitative estimate of drug-likeness (QED) is 0.758. The lowest BCUT2D eigenvalue weighted by atomic mass is 10.2. The monoisotopic (exact) mass is 313 g/mol. The Morgan fingerprint density at radius 2 is 1.77 bits per heavy atom. The van der Waals surface area contributed by atoms with Crippen molar-refractivity contribution in [1.82, 2.24) is 4.98 Å². The van der Waals surface area contributed by atoms with Crippen LogP contribution >= 0.6 is 11.3 Å². The van der Waals surface area contributed by atoms with Gasteiger partial charge in [-0.05, 0) is 35.4 Å². The number of aromatic nitrogens is 1. The summed E-state index contributed by atoms with van der Waals surface area (Å²) >= 11 is 0.987. The molecule has 2 aromatic carbocycles. The van der Waals surface area contributed by atoms with Gasteiger partial charge >= 0.3 is 4.87 Å². The molecule has 22 heavy (non-hydrogen) atoms. The van der Waals surface area contributed by atoms with E-state index in [0.717, 1.165) is 29.1 Å². The molecule has 2 N–H and O–H groups in total. The summed E-state index contributed by atoms with van der Waals surface area (Å²) in [4.78, 5) is 13.8. The third-order valence-electron chi connectivity index (χ3n) is 3.25. The van der Waals surface area contributed by atoms with Crippen LogP contribution < -0.4 is 9.61 Å². The maximum atomic E-state index is 11.2. The molecule has 0 aliphatic rings. The maximum absolute atomic E-state index is 11.2. The number of aromatic hydroxyl groups is 1. The van der Waals surface area contributed by atoms with Crippen LogP contribution in [0.15, 0.2) is 59.4 Å². The Balaban J connectivity index is 1.62. The topological polar surface area (TPSA) is 62.3 Å². The van der Waals surface area contributed by atoms with Gasteiger partial charge in [-0.1, -0.05) is 41.7 Å². The van der Waals surface area contributed by atoms with Gasteiger partial charge in [-0.25, -0.2) is 0 Å². The fourth-order valence-electron chi connectivity index (χ4n) is 2.15. The summed E-state index contributed by atoms with van der Waals surface area (Å²) in [5, 5.41) is 9.65.